The third-order valence-electron chi connectivity index (χ3n) is 5.76. The minimum atomic E-state index is -0.365. The first-order valence-corrected chi connectivity index (χ1v) is 11.4. The Morgan fingerprint density at radius 1 is 1.18 bits per heavy atom. The van der Waals surface area contributed by atoms with Crippen LogP contribution in [-0.4, -0.2) is 32.2 Å². The number of azide groups is 1. The molecule has 0 saturated carbocycles. The lowest BCUT2D eigenvalue weighted by molar-refractivity contribution is 0.318. The fraction of sp³-hybridized carbons (Fsp3) is 0.320. The Hall–Kier alpha value is -4.10. The summed E-state index contributed by atoms with van der Waals surface area (Å²) in [5, 5.41) is 3.95. The van der Waals surface area contributed by atoms with E-state index >= 15 is 0 Å². The van der Waals surface area contributed by atoms with Crippen LogP contribution in [0.25, 0.3) is 33.0 Å². The second-order valence-corrected chi connectivity index (χ2v) is 8.12. The van der Waals surface area contributed by atoms with Crippen molar-refractivity contribution in [2.24, 2.45) is 5.11 Å². The summed E-state index contributed by atoms with van der Waals surface area (Å²) in [6.45, 7) is 4.46. The van der Waals surface area contributed by atoms with Crippen molar-refractivity contribution >= 4 is 11.2 Å². The Balaban J connectivity index is 1.78. The number of hydrogen-bond acceptors (Lipinski definition) is 5. The predicted octanol–water partition coefficient (Wildman–Crippen LogP) is 5.45. The minimum Gasteiger partial charge on any atom is -0.493 e. The van der Waals surface area contributed by atoms with Gasteiger partial charge in [-0.25, -0.2) is 9.97 Å². The number of imidazole rings is 1. The van der Waals surface area contributed by atoms with Crippen LogP contribution >= 0.6 is 0 Å². The number of nitrogens with zero attached hydrogens (tertiary/aromatic N) is 6. The van der Waals surface area contributed by atoms with Gasteiger partial charge in [-0.1, -0.05) is 61.4 Å². The molecule has 1 N–H and O–H groups in total. The molecule has 2 aromatic carbocycles. The second kappa shape index (κ2) is 10.7. The molecule has 0 aliphatic heterocycles. The molecular formula is C25H27N7O2. The number of ether oxygens (including phenoxy) is 1. The molecule has 0 amide bonds. The summed E-state index contributed by atoms with van der Waals surface area (Å²) in [4.78, 5) is 27.9. The highest BCUT2D eigenvalue weighted by molar-refractivity contribution is 5.74. The first-order chi connectivity index (χ1) is 16.6. The Bertz CT molecular complexity index is 1360. The molecule has 0 radical (unpaired) electrons. The molecular weight excluding hydrogens is 430 g/mol. The fourth-order valence-corrected chi connectivity index (χ4v) is 4.03. The van der Waals surface area contributed by atoms with Crippen molar-refractivity contribution in [1.82, 2.24) is 19.5 Å². The van der Waals surface area contributed by atoms with Gasteiger partial charge in [-0.15, -0.1) is 0 Å². The van der Waals surface area contributed by atoms with Crippen LogP contribution in [0, 0.1) is 0 Å². The number of aromatic nitrogens is 4. The van der Waals surface area contributed by atoms with E-state index in [2.05, 4.69) is 32.1 Å². The number of nitrogens with one attached hydrogen (secondary N) is 1. The number of aryl methyl sites for hydroxylation is 1. The van der Waals surface area contributed by atoms with Crippen LogP contribution in [0.2, 0.25) is 0 Å². The lowest BCUT2D eigenvalue weighted by Crippen LogP contribution is -2.21. The van der Waals surface area contributed by atoms with Crippen LogP contribution in [0.5, 0.6) is 5.75 Å². The number of hydrogen-bond donors (Lipinski definition) is 1. The SMILES string of the molecule is CCCOc1ccccc1-c1nc2c(ncn2C(CCc2ccccc2)C(C)N=[N+]=[N-])c(=O)[nH]1. The van der Waals surface area contributed by atoms with E-state index < -0.39 is 0 Å². The number of H-pyrrole nitrogens is 1. The number of aromatic amines is 1. The Morgan fingerprint density at radius 3 is 2.71 bits per heavy atom. The van der Waals surface area contributed by atoms with Gasteiger partial charge in [-0.3, -0.25) is 4.79 Å². The van der Waals surface area contributed by atoms with Crippen molar-refractivity contribution in [2.45, 2.75) is 45.2 Å². The molecule has 0 fully saturated rings. The van der Waals surface area contributed by atoms with Crippen LogP contribution in [0.15, 0.2) is 70.8 Å². The van der Waals surface area contributed by atoms with E-state index in [4.69, 9.17) is 15.3 Å². The van der Waals surface area contributed by atoms with E-state index in [1.54, 1.807) is 6.33 Å². The van der Waals surface area contributed by atoms with Gasteiger partial charge in [-0.2, -0.15) is 0 Å². The molecule has 0 aliphatic rings. The van der Waals surface area contributed by atoms with Crippen molar-refractivity contribution < 1.29 is 4.74 Å². The molecule has 34 heavy (non-hydrogen) atoms. The van der Waals surface area contributed by atoms with E-state index in [9.17, 15) is 4.79 Å². The summed E-state index contributed by atoms with van der Waals surface area (Å²) < 4.78 is 7.72. The van der Waals surface area contributed by atoms with Crippen molar-refractivity contribution in [3.8, 4) is 17.1 Å². The van der Waals surface area contributed by atoms with Crippen molar-refractivity contribution in [1.29, 1.82) is 0 Å². The van der Waals surface area contributed by atoms with Crippen LogP contribution in [0.4, 0.5) is 0 Å². The molecule has 4 rings (SSSR count). The minimum absolute atomic E-state index is 0.227. The number of fused-ring (bicyclic) bond motifs is 1. The molecule has 4 aromatic rings. The molecule has 9 nitrogen and oxygen atoms in total. The first kappa shape index (κ1) is 23.1. The molecule has 2 aromatic heterocycles. The van der Waals surface area contributed by atoms with Crippen LogP contribution in [-0.2, 0) is 6.42 Å². The topological polar surface area (TPSA) is 122 Å². The highest BCUT2D eigenvalue weighted by Gasteiger charge is 2.23. The monoisotopic (exact) mass is 457 g/mol. The van der Waals surface area contributed by atoms with Crippen molar-refractivity contribution in [3.63, 3.8) is 0 Å². The Labute approximate surface area is 197 Å². The van der Waals surface area contributed by atoms with Gasteiger partial charge in [0.05, 0.1) is 24.5 Å². The van der Waals surface area contributed by atoms with Gasteiger partial charge in [0.25, 0.3) is 5.56 Å². The summed E-state index contributed by atoms with van der Waals surface area (Å²) in [6, 6.07) is 17.0. The fourth-order valence-electron chi connectivity index (χ4n) is 4.03. The Kier molecular flexibility index (Phi) is 7.25. The normalized spacial score (nSPS) is 12.8. The summed E-state index contributed by atoms with van der Waals surface area (Å²) in [6.07, 6.45) is 3.94. The smallest absolute Gasteiger partial charge is 0.279 e. The zero-order chi connectivity index (χ0) is 23.9. The highest BCUT2D eigenvalue weighted by Crippen LogP contribution is 2.29. The quantitative estimate of drug-likeness (QED) is 0.193. The average molecular weight is 458 g/mol. The highest BCUT2D eigenvalue weighted by atomic mass is 16.5. The third-order valence-corrected chi connectivity index (χ3v) is 5.76. The van der Waals surface area contributed by atoms with E-state index in [0.717, 1.165) is 12.8 Å². The molecule has 0 spiro atoms. The molecule has 2 unspecified atom stereocenters. The van der Waals surface area contributed by atoms with E-state index in [1.165, 1.54) is 5.56 Å². The van der Waals surface area contributed by atoms with Gasteiger partial charge in [0.2, 0.25) is 0 Å². The molecule has 2 atom stereocenters. The van der Waals surface area contributed by atoms with Gasteiger partial charge in [0.15, 0.2) is 11.2 Å². The van der Waals surface area contributed by atoms with Crippen LogP contribution < -0.4 is 10.3 Å². The summed E-state index contributed by atoms with van der Waals surface area (Å²) in [5.74, 6) is 1.06. The maximum absolute atomic E-state index is 12.9. The summed E-state index contributed by atoms with van der Waals surface area (Å²) >= 11 is 0. The summed E-state index contributed by atoms with van der Waals surface area (Å²) in [5.41, 5.74) is 11.3. The molecule has 9 heteroatoms. The van der Waals surface area contributed by atoms with Crippen LogP contribution in [0.3, 0.4) is 0 Å². The lowest BCUT2D eigenvalue weighted by atomic mass is 10.0. The number of para-hydroxylation sites is 1. The van der Waals surface area contributed by atoms with E-state index in [0.29, 0.717) is 35.8 Å². The van der Waals surface area contributed by atoms with E-state index in [-0.39, 0.29) is 23.2 Å². The number of benzene rings is 2. The second-order valence-electron chi connectivity index (χ2n) is 8.12. The molecule has 2 heterocycles. The van der Waals surface area contributed by atoms with Gasteiger partial charge >= 0.3 is 0 Å². The van der Waals surface area contributed by atoms with Gasteiger partial charge < -0.3 is 14.3 Å². The largest absolute Gasteiger partial charge is 0.493 e. The van der Waals surface area contributed by atoms with Gasteiger partial charge in [0.1, 0.15) is 11.6 Å². The van der Waals surface area contributed by atoms with Gasteiger partial charge in [0, 0.05) is 11.0 Å². The predicted molar refractivity (Wildman–Crippen MR) is 132 cm³/mol. The zero-order valence-corrected chi connectivity index (χ0v) is 19.3. The first-order valence-electron chi connectivity index (χ1n) is 11.4. The van der Waals surface area contributed by atoms with Crippen LogP contribution in [0.1, 0.15) is 38.3 Å². The average Bonchev–Trinajstić information content (AvgIpc) is 3.28. The lowest BCUT2D eigenvalue weighted by Gasteiger charge is -2.22. The maximum Gasteiger partial charge on any atom is 0.279 e. The zero-order valence-electron chi connectivity index (χ0n) is 19.3. The van der Waals surface area contributed by atoms with E-state index in [1.807, 2.05) is 60.9 Å². The van der Waals surface area contributed by atoms with Crippen molar-refractivity contribution in [3.05, 3.63) is 87.3 Å². The number of rotatable bonds is 10. The molecule has 174 valence electrons. The molecule has 0 saturated heterocycles. The Morgan fingerprint density at radius 2 is 1.94 bits per heavy atom. The summed E-state index contributed by atoms with van der Waals surface area (Å²) in [7, 11) is 0. The maximum atomic E-state index is 12.9. The standard InChI is InChI=1S/C25H27N7O2/c1-3-15-34-21-12-8-7-11-19(21)23-28-24-22(25(33)29-23)27-16-32(24)20(17(2)30-31-26)14-13-18-9-5-4-6-10-18/h4-12,16-17,20H,3,13-15H2,1-2H3,(H,28,29,33). The van der Waals surface area contributed by atoms with Gasteiger partial charge in [-0.05, 0) is 42.5 Å². The van der Waals surface area contributed by atoms with Crippen molar-refractivity contribution in [2.75, 3.05) is 6.61 Å². The molecule has 0 aliphatic carbocycles. The molecule has 0 bridgehead atoms. The third kappa shape index (κ3) is 4.94.